The van der Waals surface area contributed by atoms with Crippen molar-refractivity contribution in [3.05, 3.63) is 48.0 Å². The maximum absolute atomic E-state index is 6.20. The highest BCUT2D eigenvalue weighted by Gasteiger charge is 2.14. The molecule has 0 aliphatic carbocycles. The summed E-state index contributed by atoms with van der Waals surface area (Å²) >= 11 is 1.72. The van der Waals surface area contributed by atoms with Crippen LogP contribution in [0.1, 0.15) is 24.9 Å². The van der Waals surface area contributed by atoms with Crippen LogP contribution in [0.15, 0.2) is 52.3 Å². The van der Waals surface area contributed by atoms with Gasteiger partial charge in [0.15, 0.2) is 11.5 Å². The lowest BCUT2D eigenvalue weighted by Gasteiger charge is -2.19. The Hall–Kier alpha value is -1.65. The van der Waals surface area contributed by atoms with E-state index < -0.39 is 0 Å². The summed E-state index contributed by atoms with van der Waals surface area (Å²) in [5, 5.41) is 0. The van der Waals surface area contributed by atoms with Crippen LogP contribution in [0.4, 0.5) is 0 Å². The molecular weight excluding hydrogens is 282 g/mol. The number of hydrogen-bond donors (Lipinski definition) is 1. The molecule has 0 amide bonds. The molecule has 2 N–H and O–H groups in total. The molecule has 3 rings (SSSR count). The molecule has 0 fully saturated rings. The van der Waals surface area contributed by atoms with Crippen molar-refractivity contribution in [2.24, 2.45) is 5.73 Å². The van der Waals surface area contributed by atoms with E-state index in [1.807, 2.05) is 24.3 Å². The molecule has 1 aliphatic rings. The molecule has 0 saturated heterocycles. The Morgan fingerprint density at radius 3 is 2.67 bits per heavy atom. The fraction of sp³-hybridized carbons (Fsp3) is 0.294. The van der Waals surface area contributed by atoms with Crippen molar-refractivity contribution in [1.29, 1.82) is 0 Å². The van der Waals surface area contributed by atoms with Crippen LogP contribution in [0, 0.1) is 0 Å². The van der Waals surface area contributed by atoms with Gasteiger partial charge in [0.1, 0.15) is 13.2 Å². The smallest absolute Gasteiger partial charge is 0.162 e. The Kier molecular flexibility index (Phi) is 4.36. The first-order valence-electron chi connectivity index (χ1n) is 7.20. The average molecular weight is 301 g/mol. The molecule has 0 unspecified atom stereocenters. The molecule has 3 nitrogen and oxygen atoms in total. The lowest BCUT2D eigenvalue weighted by molar-refractivity contribution is 0.171. The third-order valence-corrected chi connectivity index (χ3v) is 4.58. The van der Waals surface area contributed by atoms with Crippen LogP contribution < -0.4 is 15.2 Å². The first-order valence-corrected chi connectivity index (χ1v) is 8.01. The van der Waals surface area contributed by atoms with E-state index in [1.54, 1.807) is 11.8 Å². The van der Waals surface area contributed by atoms with Gasteiger partial charge in [0.25, 0.3) is 0 Å². The van der Waals surface area contributed by atoms with Crippen molar-refractivity contribution in [3.8, 4) is 11.5 Å². The van der Waals surface area contributed by atoms with Crippen LogP contribution in [-0.4, -0.2) is 13.2 Å². The van der Waals surface area contributed by atoms with Gasteiger partial charge in [0.05, 0.1) is 0 Å². The SMILES string of the molecule is CC[C@H](N)c1ccccc1Sc1ccc2c(c1)OCCO2. The second-order valence-electron chi connectivity index (χ2n) is 4.96. The van der Waals surface area contributed by atoms with Crippen LogP contribution in [0.3, 0.4) is 0 Å². The first kappa shape index (κ1) is 14.3. The third-order valence-electron chi connectivity index (χ3n) is 3.50. The van der Waals surface area contributed by atoms with Crippen molar-refractivity contribution in [2.75, 3.05) is 13.2 Å². The van der Waals surface area contributed by atoms with E-state index in [1.165, 1.54) is 10.5 Å². The van der Waals surface area contributed by atoms with Gasteiger partial charge in [0, 0.05) is 15.8 Å². The summed E-state index contributed by atoms with van der Waals surface area (Å²) < 4.78 is 11.2. The quantitative estimate of drug-likeness (QED) is 0.926. The lowest BCUT2D eigenvalue weighted by atomic mass is 10.1. The van der Waals surface area contributed by atoms with Gasteiger partial charge in [-0.15, -0.1) is 0 Å². The number of fused-ring (bicyclic) bond motifs is 1. The maximum Gasteiger partial charge on any atom is 0.162 e. The summed E-state index contributed by atoms with van der Waals surface area (Å²) in [7, 11) is 0. The number of ether oxygens (including phenoxy) is 2. The minimum atomic E-state index is 0.0749. The van der Waals surface area contributed by atoms with Crippen molar-refractivity contribution in [3.63, 3.8) is 0 Å². The van der Waals surface area contributed by atoms with E-state index in [4.69, 9.17) is 15.2 Å². The van der Waals surface area contributed by atoms with Gasteiger partial charge in [-0.05, 0) is 36.2 Å². The average Bonchev–Trinajstić information content (AvgIpc) is 2.54. The van der Waals surface area contributed by atoms with E-state index in [0.717, 1.165) is 22.8 Å². The van der Waals surface area contributed by atoms with Crippen LogP contribution in [0.2, 0.25) is 0 Å². The molecule has 110 valence electrons. The van der Waals surface area contributed by atoms with Gasteiger partial charge in [-0.3, -0.25) is 0 Å². The molecule has 1 atom stereocenters. The van der Waals surface area contributed by atoms with E-state index >= 15 is 0 Å². The number of nitrogens with two attached hydrogens (primary N) is 1. The Balaban J connectivity index is 1.87. The fourth-order valence-corrected chi connectivity index (χ4v) is 3.35. The van der Waals surface area contributed by atoms with Crippen LogP contribution >= 0.6 is 11.8 Å². The molecule has 21 heavy (non-hydrogen) atoms. The van der Waals surface area contributed by atoms with Gasteiger partial charge in [-0.25, -0.2) is 0 Å². The molecule has 4 heteroatoms. The second kappa shape index (κ2) is 6.41. The summed E-state index contributed by atoms with van der Waals surface area (Å²) in [6.07, 6.45) is 0.929. The minimum Gasteiger partial charge on any atom is -0.486 e. The predicted molar refractivity (Wildman–Crippen MR) is 85.2 cm³/mol. The summed E-state index contributed by atoms with van der Waals surface area (Å²) in [6.45, 7) is 3.34. The van der Waals surface area contributed by atoms with Gasteiger partial charge >= 0.3 is 0 Å². The second-order valence-corrected chi connectivity index (χ2v) is 6.08. The van der Waals surface area contributed by atoms with Crippen LogP contribution in [0.25, 0.3) is 0 Å². The summed E-state index contributed by atoms with van der Waals surface area (Å²) in [6, 6.07) is 14.5. The highest BCUT2D eigenvalue weighted by atomic mass is 32.2. The van der Waals surface area contributed by atoms with Crippen molar-refractivity contribution in [1.82, 2.24) is 0 Å². The molecule has 0 bridgehead atoms. The van der Waals surface area contributed by atoms with Crippen LogP contribution in [0.5, 0.6) is 11.5 Å². The summed E-state index contributed by atoms with van der Waals surface area (Å²) in [5.41, 5.74) is 7.40. The number of benzene rings is 2. The zero-order valence-electron chi connectivity index (χ0n) is 12.0. The highest BCUT2D eigenvalue weighted by molar-refractivity contribution is 7.99. The molecule has 0 radical (unpaired) electrons. The van der Waals surface area contributed by atoms with E-state index in [2.05, 4.69) is 25.1 Å². The van der Waals surface area contributed by atoms with Gasteiger partial charge < -0.3 is 15.2 Å². The first-order chi connectivity index (χ1) is 10.3. The van der Waals surface area contributed by atoms with Crippen molar-refractivity contribution < 1.29 is 9.47 Å². The van der Waals surface area contributed by atoms with Gasteiger partial charge in [-0.2, -0.15) is 0 Å². The molecule has 2 aromatic rings. The molecular formula is C17H19NO2S. The van der Waals surface area contributed by atoms with E-state index in [-0.39, 0.29) is 6.04 Å². The van der Waals surface area contributed by atoms with Gasteiger partial charge in [-0.1, -0.05) is 36.9 Å². The Morgan fingerprint density at radius 1 is 1.10 bits per heavy atom. The minimum absolute atomic E-state index is 0.0749. The molecule has 2 aromatic carbocycles. The zero-order chi connectivity index (χ0) is 14.7. The Bertz CT molecular complexity index is 630. The lowest BCUT2D eigenvalue weighted by Crippen LogP contribution is -2.15. The Labute approximate surface area is 129 Å². The topological polar surface area (TPSA) is 44.5 Å². The normalized spacial score (nSPS) is 14.8. The standard InChI is InChI=1S/C17H19NO2S/c1-2-14(18)13-5-3-4-6-17(13)21-12-7-8-15-16(11-12)20-10-9-19-15/h3-8,11,14H,2,9-10,18H2,1H3/t14-/m0/s1. The molecule has 0 aromatic heterocycles. The van der Waals surface area contributed by atoms with E-state index in [0.29, 0.717) is 13.2 Å². The molecule has 1 aliphatic heterocycles. The maximum atomic E-state index is 6.20. The van der Waals surface area contributed by atoms with Gasteiger partial charge in [0.2, 0.25) is 0 Å². The Morgan fingerprint density at radius 2 is 1.86 bits per heavy atom. The summed E-state index contributed by atoms with van der Waals surface area (Å²) in [4.78, 5) is 2.33. The van der Waals surface area contributed by atoms with Crippen molar-refractivity contribution >= 4 is 11.8 Å². The molecule has 0 saturated carbocycles. The zero-order valence-corrected chi connectivity index (χ0v) is 12.9. The monoisotopic (exact) mass is 301 g/mol. The largest absolute Gasteiger partial charge is 0.486 e. The third kappa shape index (κ3) is 3.17. The number of rotatable bonds is 4. The molecule has 1 heterocycles. The highest BCUT2D eigenvalue weighted by Crippen LogP contribution is 2.38. The predicted octanol–water partition coefficient (Wildman–Crippen LogP) is 4.02. The summed E-state index contributed by atoms with van der Waals surface area (Å²) in [5.74, 6) is 1.65. The van der Waals surface area contributed by atoms with E-state index in [9.17, 15) is 0 Å². The molecule has 0 spiro atoms. The van der Waals surface area contributed by atoms with Crippen molar-refractivity contribution in [2.45, 2.75) is 29.2 Å². The van der Waals surface area contributed by atoms with Crippen LogP contribution in [-0.2, 0) is 0 Å². The number of hydrogen-bond acceptors (Lipinski definition) is 4. The fourth-order valence-electron chi connectivity index (χ4n) is 2.31.